The van der Waals surface area contributed by atoms with Gasteiger partial charge in [-0.25, -0.2) is 9.78 Å². The number of esters is 1. The van der Waals surface area contributed by atoms with Crippen molar-refractivity contribution < 1.29 is 14.3 Å². The largest absolute Gasteiger partial charge is 0.456 e. The van der Waals surface area contributed by atoms with Gasteiger partial charge in [-0.1, -0.05) is 17.7 Å². The van der Waals surface area contributed by atoms with Gasteiger partial charge in [0.15, 0.2) is 5.13 Å². The summed E-state index contributed by atoms with van der Waals surface area (Å²) in [7, 11) is 0. The number of hydrogen-bond acceptors (Lipinski definition) is 5. The van der Waals surface area contributed by atoms with Gasteiger partial charge in [0.2, 0.25) is 5.91 Å². The molecule has 1 heterocycles. The first-order chi connectivity index (χ1) is 10.9. The Kier molecular flexibility index (Phi) is 5.50. The molecule has 1 aromatic heterocycles. The van der Waals surface area contributed by atoms with Gasteiger partial charge in [0.05, 0.1) is 11.3 Å². The summed E-state index contributed by atoms with van der Waals surface area (Å²) < 4.78 is 5.34. The third kappa shape index (κ3) is 4.16. The minimum Gasteiger partial charge on any atom is -0.456 e. The summed E-state index contributed by atoms with van der Waals surface area (Å²) in [6, 6.07) is 5.68. The molecule has 2 rings (SSSR count). The zero-order valence-corrected chi connectivity index (χ0v) is 14.6. The van der Waals surface area contributed by atoms with E-state index in [4.69, 9.17) is 4.74 Å². The molecule has 0 bridgehead atoms. The van der Waals surface area contributed by atoms with Crippen LogP contribution in [0.5, 0.6) is 0 Å². The highest BCUT2D eigenvalue weighted by molar-refractivity contribution is 7.14. The standard InChI is InChI=1S/C17H20N2O3S/c1-5-19(13(4)20)17-18-14(10-23-17)9-22-16(21)15-8-11(2)6-7-12(15)3/h6-8,10H,5,9H2,1-4H3. The number of amides is 1. The number of thiazole rings is 1. The van der Waals surface area contributed by atoms with Gasteiger partial charge in [-0.2, -0.15) is 0 Å². The second-order valence-corrected chi connectivity index (χ2v) is 6.12. The molecule has 0 aliphatic carbocycles. The van der Waals surface area contributed by atoms with Gasteiger partial charge < -0.3 is 4.74 Å². The third-order valence-corrected chi connectivity index (χ3v) is 4.34. The minimum atomic E-state index is -0.361. The van der Waals surface area contributed by atoms with Crippen LogP contribution in [0, 0.1) is 13.8 Å². The molecule has 0 atom stereocenters. The Hall–Kier alpha value is -2.21. The van der Waals surface area contributed by atoms with Gasteiger partial charge in [-0.05, 0) is 32.4 Å². The van der Waals surface area contributed by atoms with Crippen LogP contribution < -0.4 is 4.90 Å². The van der Waals surface area contributed by atoms with Crippen molar-refractivity contribution in [1.29, 1.82) is 0 Å². The molecule has 2 aromatic rings. The fourth-order valence-corrected chi connectivity index (χ4v) is 3.07. The van der Waals surface area contributed by atoms with Crippen LogP contribution in [0.1, 0.15) is 41.0 Å². The van der Waals surface area contributed by atoms with E-state index in [2.05, 4.69) is 4.98 Å². The Bertz CT molecular complexity index is 724. The molecule has 0 N–H and O–H groups in total. The van der Waals surface area contributed by atoms with Crippen LogP contribution in [0.15, 0.2) is 23.6 Å². The summed E-state index contributed by atoms with van der Waals surface area (Å²) in [4.78, 5) is 29.6. The van der Waals surface area contributed by atoms with Crippen molar-refractivity contribution in [3.8, 4) is 0 Å². The van der Waals surface area contributed by atoms with Crippen LogP contribution in [0.25, 0.3) is 0 Å². The van der Waals surface area contributed by atoms with Gasteiger partial charge in [0.1, 0.15) is 6.61 Å². The number of aryl methyl sites for hydroxylation is 2. The SMILES string of the molecule is CCN(C(C)=O)c1nc(COC(=O)c2cc(C)ccc2C)cs1. The predicted octanol–water partition coefficient (Wildman–Crippen LogP) is 3.49. The molecule has 1 aromatic carbocycles. The molecule has 0 radical (unpaired) electrons. The zero-order valence-electron chi connectivity index (χ0n) is 13.8. The maximum absolute atomic E-state index is 12.2. The second kappa shape index (κ2) is 7.37. The summed E-state index contributed by atoms with van der Waals surface area (Å²) in [6.45, 7) is 7.86. The number of ether oxygens (including phenoxy) is 1. The monoisotopic (exact) mass is 332 g/mol. The number of anilines is 1. The van der Waals surface area contributed by atoms with Crippen molar-refractivity contribution >= 4 is 28.3 Å². The average Bonchev–Trinajstić information content (AvgIpc) is 2.96. The fraction of sp³-hybridized carbons (Fsp3) is 0.353. The van der Waals surface area contributed by atoms with E-state index >= 15 is 0 Å². The van der Waals surface area contributed by atoms with E-state index in [-0.39, 0.29) is 18.5 Å². The Morgan fingerprint density at radius 1 is 1.30 bits per heavy atom. The molecule has 6 heteroatoms. The first kappa shape index (κ1) is 17.1. The number of carbonyl (C=O) groups is 2. The molecule has 0 aliphatic rings. The lowest BCUT2D eigenvalue weighted by Gasteiger charge is -2.14. The third-order valence-electron chi connectivity index (χ3n) is 3.43. The van der Waals surface area contributed by atoms with E-state index in [9.17, 15) is 9.59 Å². The highest BCUT2D eigenvalue weighted by Crippen LogP contribution is 2.21. The van der Waals surface area contributed by atoms with E-state index in [1.807, 2.05) is 39.0 Å². The highest BCUT2D eigenvalue weighted by Gasteiger charge is 2.15. The predicted molar refractivity (Wildman–Crippen MR) is 90.9 cm³/mol. The van der Waals surface area contributed by atoms with Crippen molar-refractivity contribution in [2.75, 3.05) is 11.4 Å². The van der Waals surface area contributed by atoms with E-state index in [0.29, 0.717) is 22.9 Å². The summed E-state index contributed by atoms with van der Waals surface area (Å²) in [5, 5.41) is 2.43. The van der Waals surface area contributed by atoms with Crippen LogP contribution in [-0.2, 0) is 16.1 Å². The minimum absolute atomic E-state index is 0.0548. The van der Waals surface area contributed by atoms with Gasteiger partial charge in [0.25, 0.3) is 0 Å². The number of benzene rings is 1. The van der Waals surface area contributed by atoms with Crippen LogP contribution in [0.3, 0.4) is 0 Å². The van der Waals surface area contributed by atoms with E-state index < -0.39 is 0 Å². The molecule has 1 amide bonds. The van der Waals surface area contributed by atoms with E-state index in [0.717, 1.165) is 11.1 Å². The Morgan fingerprint density at radius 2 is 2.04 bits per heavy atom. The van der Waals surface area contributed by atoms with Gasteiger partial charge in [0, 0.05) is 18.8 Å². The lowest BCUT2D eigenvalue weighted by molar-refractivity contribution is -0.116. The van der Waals surface area contributed by atoms with Crippen molar-refractivity contribution in [3.63, 3.8) is 0 Å². The van der Waals surface area contributed by atoms with E-state index in [1.54, 1.807) is 10.3 Å². The first-order valence-corrected chi connectivity index (χ1v) is 8.27. The molecule has 0 saturated heterocycles. The topological polar surface area (TPSA) is 59.5 Å². The average molecular weight is 332 g/mol. The maximum atomic E-state index is 12.2. The number of rotatable bonds is 5. The maximum Gasteiger partial charge on any atom is 0.338 e. The summed E-state index contributed by atoms with van der Waals surface area (Å²) in [6.07, 6.45) is 0. The molecule has 0 saturated carbocycles. The van der Waals surface area contributed by atoms with E-state index in [1.165, 1.54) is 18.3 Å². The number of nitrogens with zero attached hydrogens (tertiary/aromatic N) is 2. The molecule has 0 aliphatic heterocycles. The molecular weight excluding hydrogens is 312 g/mol. The Morgan fingerprint density at radius 3 is 2.70 bits per heavy atom. The Labute approximate surface area is 139 Å². The van der Waals surface area contributed by atoms with Crippen LogP contribution in [0.4, 0.5) is 5.13 Å². The highest BCUT2D eigenvalue weighted by atomic mass is 32.1. The van der Waals surface area contributed by atoms with Crippen LogP contribution in [-0.4, -0.2) is 23.4 Å². The summed E-state index contributed by atoms with van der Waals surface area (Å²) in [5.74, 6) is -0.416. The Balaban J connectivity index is 2.04. The van der Waals surface area contributed by atoms with Crippen molar-refractivity contribution in [2.45, 2.75) is 34.3 Å². The number of aromatic nitrogens is 1. The summed E-state index contributed by atoms with van der Waals surface area (Å²) in [5.41, 5.74) is 3.11. The lowest BCUT2D eigenvalue weighted by Crippen LogP contribution is -2.27. The number of hydrogen-bond donors (Lipinski definition) is 0. The first-order valence-electron chi connectivity index (χ1n) is 7.39. The van der Waals surface area contributed by atoms with Crippen LogP contribution >= 0.6 is 11.3 Å². The quantitative estimate of drug-likeness (QED) is 0.787. The molecular formula is C17H20N2O3S. The van der Waals surface area contributed by atoms with Gasteiger partial charge >= 0.3 is 5.97 Å². The lowest BCUT2D eigenvalue weighted by atomic mass is 10.1. The number of carbonyl (C=O) groups excluding carboxylic acids is 2. The molecule has 0 unspecified atom stereocenters. The molecule has 23 heavy (non-hydrogen) atoms. The van der Waals surface area contributed by atoms with Gasteiger partial charge in [-0.15, -0.1) is 11.3 Å². The normalized spacial score (nSPS) is 10.4. The molecule has 122 valence electrons. The van der Waals surface area contributed by atoms with Gasteiger partial charge in [-0.3, -0.25) is 9.69 Å². The molecule has 5 nitrogen and oxygen atoms in total. The molecule has 0 spiro atoms. The summed E-state index contributed by atoms with van der Waals surface area (Å²) >= 11 is 1.37. The second-order valence-electron chi connectivity index (χ2n) is 5.28. The van der Waals surface area contributed by atoms with Crippen molar-refractivity contribution in [2.24, 2.45) is 0 Å². The zero-order chi connectivity index (χ0) is 17.0. The smallest absolute Gasteiger partial charge is 0.338 e. The van der Waals surface area contributed by atoms with Crippen molar-refractivity contribution in [1.82, 2.24) is 4.98 Å². The molecule has 0 fully saturated rings. The van der Waals surface area contributed by atoms with Crippen molar-refractivity contribution in [3.05, 3.63) is 46.0 Å². The van der Waals surface area contributed by atoms with Crippen LogP contribution in [0.2, 0.25) is 0 Å². The fourth-order valence-electron chi connectivity index (χ4n) is 2.15.